The molecule has 0 atom stereocenters. The number of amides is 2. The highest BCUT2D eigenvalue weighted by Crippen LogP contribution is 2.11. The van der Waals surface area contributed by atoms with Crippen LogP contribution < -0.4 is 5.32 Å². The normalized spacial score (nSPS) is 14.8. The third-order valence-corrected chi connectivity index (χ3v) is 3.50. The summed E-state index contributed by atoms with van der Waals surface area (Å²) in [5, 5.41) is 3.19. The molecule has 1 N–H and O–H groups in total. The Morgan fingerprint density at radius 1 is 1.22 bits per heavy atom. The molecule has 0 saturated carbocycles. The van der Waals surface area contributed by atoms with E-state index in [1.807, 2.05) is 26.0 Å². The Balaban J connectivity index is 1.96. The number of rotatable bonds is 4. The number of hydrogen-bond acceptors (Lipinski definition) is 5. The Bertz CT molecular complexity index is 554. The minimum Gasteiger partial charge on any atom is -0.450 e. The summed E-state index contributed by atoms with van der Waals surface area (Å²) in [5.74, 6) is 0.580. The third kappa shape index (κ3) is 4.58. The van der Waals surface area contributed by atoms with Crippen LogP contribution in [0.5, 0.6) is 0 Å². The SMILES string of the molecule is CCOC(=O)N1CCN(C(=O)c2cccc(NC(C)C)n2)CC1. The molecule has 23 heavy (non-hydrogen) atoms. The molecule has 1 aromatic rings. The van der Waals surface area contributed by atoms with Gasteiger partial charge in [0.25, 0.3) is 5.91 Å². The van der Waals surface area contributed by atoms with Crippen LogP contribution in [-0.4, -0.2) is 65.6 Å². The zero-order chi connectivity index (χ0) is 16.8. The molecule has 1 aliphatic heterocycles. The quantitative estimate of drug-likeness (QED) is 0.916. The van der Waals surface area contributed by atoms with Gasteiger partial charge in [0.15, 0.2) is 0 Å². The number of ether oxygens (including phenoxy) is 1. The van der Waals surface area contributed by atoms with E-state index in [0.29, 0.717) is 44.3 Å². The number of aromatic nitrogens is 1. The van der Waals surface area contributed by atoms with Crippen LogP contribution in [0.2, 0.25) is 0 Å². The molecule has 0 unspecified atom stereocenters. The van der Waals surface area contributed by atoms with Gasteiger partial charge in [0.1, 0.15) is 11.5 Å². The minimum absolute atomic E-state index is 0.110. The van der Waals surface area contributed by atoms with Crippen LogP contribution in [-0.2, 0) is 4.74 Å². The van der Waals surface area contributed by atoms with Crippen LogP contribution in [0.25, 0.3) is 0 Å². The molecule has 7 nitrogen and oxygen atoms in total. The number of nitrogens with one attached hydrogen (secondary N) is 1. The Hall–Kier alpha value is -2.31. The van der Waals surface area contributed by atoms with Crippen molar-refractivity contribution in [2.45, 2.75) is 26.8 Å². The number of carbonyl (C=O) groups excluding carboxylic acids is 2. The van der Waals surface area contributed by atoms with E-state index in [0.717, 1.165) is 0 Å². The lowest BCUT2D eigenvalue weighted by atomic mass is 10.2. The van der Waals surface area contributed by atoms with Crippen molar-refractivity contribution in [3.63, 3.8) is 0 Å². The summed E-state index contributed by atoms with van der Waals surface area (Å²) in [6.45, 7) is 8.11. The smallest absolute Gasteiger partial charge is 0.409 e. The molecule has 1 aliphatic rings. The highest BCUT2D eigenvalue weighted by molar-refractivity contribution is 5.92. The molecular weight excluding hydrogens is 296 g/mol. The van der Waals surface area contributed by atoms with Crippen LogP contribution in [0.1, 0.15) is 31.3 Å². The van der Waals surface area contributed by atoms with Gasteiger partial charge >= 0.3 is 6.09 Å². The van der Waals surface area contributed by atoms with E-state index in [1.165, 1.54) is 0 Å². The molecule has 0 bridgehead atoms. The van der Waals surface area contributed by atoms with Crippen molar-refractivity contribution in [2.24, 2.45) is 0 Å². The zero-order valence-electron chi connectivity index (χ0n) is 13.9. The van der Waals surface area contributed by atoms with Crippen LogP contribution in [0.4, 0.5) is 10.6 Å². The van der Waals surface area contributed by atoms with Gasteiger partial charge in [0.2, 0.25) is 0 Å². The summed E-state index contributed by atoms with van der Waals surface area (Å²) in [5.41, 5.74) is 0.417. The second-order valence-electron chi connectivity index (χ2n) is 5.69. The predicted octanol–water partition coefficient (Wildman–Crippen LogP) is 1.82. The van der Waals surface area contributed by atoms with Crippen molar-refractivity contribution < 1.29 is 14.3 Å². The van der Waals surface area contributed by atoms with E-state index in [-0.39, 0.29) is 18.0 Å². The number of hydrogen-bond donors (Lipinski definition) is 1. The standard InChI is InChI=1S/C16H24N4O3/c1-4-23-16(22)20-10-8-19(9-11-20)15(21)13-6-5-7-14(18-13)17-12(2)3/h5-7,12H,4,8-11H2,1-3H3,(H,17,18). The van der Waals surface area contributed by atoms with Gasteiger partial charge in [-0.3, -0.25) is 4.79 Å². The molecule has 7 heteroatoms. The topological polar surface area (TPSA) is 74.8 Å². The largest absolute Gasteiger partial charge is 0.450 e. The van der Waals surface area contributed by atoms with Gasteiger partial charge in [-0.05, 0) is 32.9 Å². The van der Waals surface area contributed by atoms with E-state index < -0.39 is 0 Å². The Morgan fingerprint density at radius 2 is 1.87 bits per heavy atom. The van der Waals surface area contributed by atoms with Crippen molar-refractivity contribution in [2.75, 3.05) is 38.1 Å². The van der Waals surface area contributed by atoms with Gasteiger partial charge in [-0.15, -0.1) is 0 Å². The first-order chi connectivity index (χ1) is 11.0. The van der Waals surface area contributed by atoms with Crippen molar-refractivity contribution in [1.29, 1.82) is 0 Å². The number of anilines is 1. The lowest BCUT2D eigenvalue weighted by Crippen LogP contribution is -2.50. The van der Waals surface area contributed by atoms with E-state index in [9.17, 15) is 9.59 Å². The fraction of sp³-hybridized carbons (Fsp3) is 0.562. The minimum atomic E-state index is -0.319. The highest BCUT2D eigenvalue weighted by atomic mass is 16.6. The Labute approximate surface area is 136 Å². The fourth-order valence-corrected chi connectivity index (χ4v) is 2.40. The van der Waals surface area contributed by atoms with E-state index in [4.69, 9.17) is 4.74 Å². The molecule has 1 fully saturated rings. The Kier molecular flexibility index (Phi) is 5.78. The predicted molar refractivity (Wildman–Crippen MR) is 87.5 cm³/mol. The van der Waals surface area contributed by atoms with Crippen LogP contribution >= 0.6 is 0 Å². The summed E-state index contributed by atoms with van der Waals surface area (Å²) in [6.07, 6.45) is -0.319. The Morgan fingerprint density at radius 3 is 2.48 bits per heavy atom. The van der Waals surface area contributed by atoms with Crippen molar-refractivity contribution in [3.05, 3.63) is 23.9 Å². The van der Waals surface area contributed by atoms with Gasteiger partial charge in [0.05, 0.1) is 6.61 Å². The van der Waals surface area contributed by atoms with Crippen LogP contribution in [0, 0.1) is 0 Å². The van der Waals surface area contributed by atoms with Gasteiger partial charge in [-0.25, -0.2) is 9.78 Å². The van der Waals surface area contributed by atoms with Gasteiger partial charge in [-0.2, -0.15) is 0 Å². The molecular formula is C16H24N4O3. The fourth-order valence-electron chi connectivity index (χ4n) is 2.40. The second-order valence-corrected chi connectivity index (χ2v) is 5.69. The van der Waals surface area contributed by atoms with Crippen molar-refractivity contribution >= 4 is 17.8 Å². The average molecular weight is 320 g/mol. The molecule has 0 spiro atoms. The summed E-state index contributed by atoms with van der Waals surface area (Å²) in [4.78, 5) is 31.9. The second kappa shape index (κ2) is 7.80. The van der Waals surface area contributed by atoms with Gasteiger partial charge in [0, 0.05) is 32.2 Å². The first-order valence-electron chi connectivity index (χ1n) is 7.95. The molecule has 2 heterocycles. The molecule has 1 aromatic heterocycles. The van der Waals surface area contributed by atoms with Gasteiger partial charge < -0.3 is 19.9 Å². The maximum atomic E-state index is 12.5. The first-order valence-corrected chi connectivity index (χ1v) is 7.95. The molecule has 1 saturated heterocycles. The maximum Gasteiger partial charge on any atom is 0.409 e. The molecule has 0 aromatic carbocycles. The van der Waals surface area contributed by atoms with Crippen LogP contribution in [0.15, 0.2) is 18.2 Å². The van der Waals surface area contributed by atoms with Crippen LogP contribution in [0.3, 0.4) is 0 Å². The number of piperazine rings is 1. The molecule has 0 aliphatic carbocycles. The van der Waals surface area contributed by atoms with E-state index in [2.05, 4.69) is 10.3 Å². The lowest BCUT2D eigenvalue weighted by Gasteiger charge is -2.33. The lowest BCUT2D eigenvalue weighted by molar-refractivity contribution is 0.0566. The summed E-state index contributed by atoms with van der Waals surface area (Å²) >= 11 is 0. The summed E-state index contributed by atoms with van der Waals surface area (Å²) in [6, 6.07) is 5.63. The number of pyridine rings is 1. The third-order valence-electron chi connectivity index (χ3n) is 3.50. The summed E-state index contributed by atoms with van der Waals surface area (Å²) in [7, 11) is 0. The zero-order valence-corrected chi connectivity index (χ0v) is 13.9. The summed E-state index contributed by atoms with van der Waals surface area (Å²) < 4.78 is 4.98. The molecule has 126 valence electrons. The monoisotopic (exact) mass is 320 g/mol. The molecule has 2 rings (SSSR count). The van der Waals surface area contributed by atoms with Crippen molar-refractivity contribution in [1.82, 2.24) is 14.8 Å². The van der Waals surface area contributed by atoms with E-state index in [1.54, 1.807) is 22.8 Å². The first kappa shape index (κ1) is 17.1. The number of carbonyl (C=O) groups is 2. The maximum absolute atomic E-state index is 12.5. The number of nitrogens with zero attached hydrogens (tertiary/aromatic N) is 3. The average Bonchev–Trinajstić information content (AvgIpc) is 2.54. The molecule has 0 radical (unpaired) electrons. The molecule has 2 amide bonds. The van der Waals surface area contributed by atoms with Crippen molar-refractivity contribution in [3.8, 4) is 0 Å². The van der Waals surface area contributed by atoms with E-state index >= 15 is 0 Å². The highest BCUT2D eigenvalue weighted by Gasteiger charge is 2.26. The van der Waals surface area contributed by atoms with Gasteiger partial charge in [-0.1, -0.05) is 6.07 Å².